The van der Waals surface area contributed by atoms with Crippen LogP contribution in [0.4, 0.5) is 5.69 Å². The number of carbonyl (C=O) groups is 2. The van der Waals surface area contributed by atoms with Crippen molar-refractivity contribution in [2.45, 2.75) is 0 Å². The molecule has 4 nitrogen and oxygen atoms in total. The second-order valence-corrected chi connectivity index (χ2v) is 3.59. The number of fused-ring (bicyclic) bond motifs is 1. The molecule has 1 aromatic carbocycles. The summed E-state index contributed by atoms with van der Waals surface area (Å²) >= 11 is 3.16. The Morgan fingerprint density at radius 1 is 1.36 bits per heavy atom. The van der Waals surface area contributed by atoms with E-state index in [0.717, 1.165) is 0 Å². The molecule has 1 aliphatic rings. The van der Waals surface area contributed by atoms with Gasteiger partial charge in [-0.05, 0) is 28.1 Å². The Labute approximate surface area is 87.7 Å². The smallest absolute Gasteiger partial charge is 0.296 e. The number of rotatable bonds is 0. The molecular formula is C9H3BrN2O2. The van der Waals surface area contributed by atoms with E-state index in [9.17, 15) is 9.59 Å². The molecule has 1 heterocycles. The van der Waals surface area contributed by atoms with E-state index in [-0.39, 0.29) is 5.56 Å². The molecule has 0 saturated heterocycles. The second kappa shape index (κ2) is 2.93. The van der Waals surface area contributed by atoms with Gasteiger partial charge in [0.05, 0.1) is 16.8 Å². The molecule has 68 valence electrons. The minimum absolute atomic E-state index is 0.244. The Hall–Kier alpha value is -1.67. The first-order valence-corrected chi connectivity index (χ1v) is 4.52. The maximum absolute atomic E-state index is 11.3. The predicted octanol–water partition coefficient (Wildman–Crippen LogP) is 1.46. The van der Waals surface area contributed by atoms with E-state index in [4.69, 9.17) is 5.26 Å². The molecule has 1 amide bonds. The average Bonchev–Trinajstić information content (AvgIpc) is 2.45. The number of carbonyl (C=O) groups excluding carboxylic acids is 2. The first-order valence-electron chi connectivity index (χ1n) is 3.73. The van der Waals surface area contributed by atoms with Gasteiger partial charge in [0.1, 0.15) is 6.07 Å². The van der Waals surface area contributed by atoms with E-state index in [1.165, 1.54) is 0 Å². The van der Waals surface area contributed by atoms with Crippen LogP contribution in [-0.2, 0) is 4.79 Å². The lowest BCUT2D eigenvalue weighted by Crippen LogP contribution is -2.12. The van der Waals surface area contributed by atoms with E-state index in [1.807, 2.05) is 6.07 Å². The Balaban J connectivity index is 2.78. The van der Waals surface area contributed by atoms with Gasteiger partial charge < -0.3 is 5.32 Å². The van der Waals surface area contributed by atoms with Crippen LogP contribution < -0.4 is 5.32 Å². The molecule has 0 radical (unpaired) electrons. The quantitative estimate of drug-likeness (QED) is 0.709. The molecule has 0 unspecified atom stereocenters. The van der Waals surface area contributed by atoms with Crippen molar-refractivity contribution in [2.75, 3.05) is 5.32 Å². The third-order valence-corrected chi connectivity index (χ3v) is 2.61. The molecule has 1 aliphatic heterocycles. The van der Waals surface area contributed by atoms with Crippen molar-refractivity contribution in [1.29, 1.82) is 5.26 Å². The van der Waals surface area contributed by atoms with Crippen molar-refractivity contribution in [3.8, 4) is 6.07 Å². The fraction of sp³-hybridized carbons (Fsp3) is 0. The molecule has 0 aliphatic carbocycles. The summed E-state index contributed by atoms with van der Waals surface area (Å²) in [6, 6.07) is 5.03. The lowest BCUT2D eigenvalue weighted by Gasteiger charge is -2.00. The molecule has 1 N–H and O–H groups in total. The normalized spacial score (nSPS) is 13.4. The molecule has 0 aromatic heterocycles. The minimum atomic E-state index is -0.691. The lowest BCUT2D eigenvalue weighted by molar-refractivity contribution is -0.112. The maximum Gasteiger partial charge on any atom is 0.296 e. The van der Waals surface area contributed by atoms with E-state index in [1.54, 1.807) is 12.1 Å². The van der Waals surface area contributed by atoms with Gasteiger partial charge in [0, 0.05) is 4.47 Å². The summed E-state index contributed by atoms with van der Waals surface area (Å²) in [5.41, 5.74) is 0.841. The van der Waals surface area contributed by atoms with E-state index in [0.29, 0.717) is 15.7 Å². The fourth-order valence-electron chi connectivity index (χ4n) is 1.31. The van der Waals surface area contributed by atoms with Gasteiger partial charge in [-0.25, -0.2) is 0 Å². The molecule has 5 heteroatoms. The Morgan fingerprint density at radius 2 is 2.07 bits per heavy atom. The van der Waals surface area contributed by atoms with Gasteiger partial charge in [-0.3, -0.25) is 9.59 Å². The number of anilines is 1. The largest absolute Gasteiger partial charge is 0.317 e. The van der Waals surface area contributed by atoms with Gasteiger partial charge >= 0.3 is 0 Å². The number of halogens is 1. The summed E-state index contributed by atoms with van der Waals surface area (Å²) in [6.45, 7) is 0. The van der Waals surface area contributed by atoms with Crippen LogP contribution in [0.15, 0.2) is 16.6 Å². The first-order chi connectivity index (χ1) is 6.65. The molecule has 14 heavy (non-hydrogen) atoms. The van der Waals surface area contributed by atoms with Crippen molar-refractivity contribution in [3.63, 3.8) is 0 Å². The molecule has 2 rings (SSSR count). The zero-order valence-corrected chi connectivity index (χ0v) is 8.38. The van der Waals surface area contributed by atoms with E-state index < -0.39 is 11.7 Å². The lowest BCUT2D eigenvalue weighted by atomic mass is 10.1. The highest BCUT2D eigenvalue weighted by molar-refractivity contribution is 9.10. The van der Waals surface area contributed by atoms with Crippen LogP contribution in [-0.4, -0.2) is 11.7 Å². The standard InChI is InChI=1S/C9H3BrN2O2/c10-5-2-1-4(3-11)7-6(5)8(13)9(14)12-7/h1-2H,(H,12,13,14). The van der Waals surface area contributed by atoms with Crippen molar-refractivity contribution in [3.05, 3.63) is 27.7 Å². The summed E-state index contributed by atoms with van der Waals surface area (Å²) in [6.07, 6.45) is 0. The summed E-state index contributed by atoms with van der Waals surface area (Å²) in [5, 5.41) is 11.1. The van der Waals surface area contributed by atoms with E-state index >= 15 is 0 Å². The Morgan fingerprint density at radius 3 is 2.71 bits per heavy atom. The summed E-state index contributed by atoms with van der Waals surface area (Å²) in [4.78, 5) is 22.4. The third-order valence-electron chi connectivity index (χ3n) is 1.95. The second-order valence-electron chi connectivity index (χ2n) is 2.74. The van der Waals surface area contributed by atoms with Crippen LogP contribution in [0.2, 0.25) is 0 Å². The number of hydrogen-bond acceptors (Lipinski definition) is 3. The van der Waals surface area contributed by atoms with Crippen LogP contribution >= 0.6 is 15.9 Å². The Kier molecular flexibility index (Phi) is 1.86. The number of Topliss-reactive ketones (excluding diaryl/α,β-unsaturated/α-hetero) is 1. The predicted molar refractivity (Wildman–Crippen MR) is 51.8 cm³/mol. The molecule has 0 fully saturated rings. The maximum atomic E-state index is 11.3. The molecular weight excluding hydrogens is 248 g/mol. The van der Waals surface area contributed by atoms with Crippen LogP contribution in [0, 0.1) is 11.3 Å². The van der Waals surface area contributed by atoms with Crippen LogP contribution in [0.25, 0.3) is 0 Å². The van der Waals surface area contributed by atoms with Gasteiger partial charge in [0.15, 0.2) is 0 Å². The topological polar surface area (TPSA) is 70.0 Å². The van der Waals surface area contributed by atoms with Crippen molar-refractivity contribution in [1.82, 2.24) is 0 Å². The number of hydrogen-bond donors (Lipinski definition) is 1. The van der Waals surface area contributed by atoms with Crippen molar-refractivity contribution < 1.29 is 9.59 Å². The van der Waals surface area contributed by atoms with Crippen molar-refractivity contribution in [2.24, 2.45) is 0 Å². The summed E-state index contributed by atoms with van der Waals surface area (Å²) in [5.74, 6) is -1.30. The monoisotopic (exact) mass is 250 g/mol. The van der Waals surface area contributed by atoms with Gasteiger partial charge in [-0.2, -0.15) is 5.26 Å². The fourth-order valence-corrected chi connectivity index (χ4v) is 1.82. The summed E-state index contributed by atoms with van der Waals surface area (Å²) in [7, 11) is 0. The SMILES string of the molecule is N#Cc1ccc(Br)c2c1NC(=O)C2=O. The highest BCUT2D eigenvalue weighted by Crippen LogP contribution is 2.32. The van der Waals surface area contributed by atoms with E-state index in [2.05, 4.69) is 21.2 Å². The van der Waals surface area contributed by atoms with Gasteiger partial charge in [-0.1, -0.05) is 0 Å². The first kappa shape index (κ1) is 8.91. The number of benzene rings is 1. The number of amides is 1. The van der Waals surface area contributed by atoms with Crippen LogP contribution in [0.1, 0.15) is 15.9 Å². The highest BCUT2D eigenvalue weighted by Gasteiger charge is 2.32. The van der Waals surface area contributed by atoms with Crippen LogP contribution in [0.3, 0.4) is 0 Å². The van der Waals surface area contributed by atoms with Gasteiger partial charge in [0.25, 0.3) is 11.7 Å². The molecule has 0 saturated carbocycles. The Bertz CT molecular complexity index is 502. The number of ketones is 1. The molecule has 0 spiro atoms. The molecule has 0 atom stereocenters. The third kappa shape index (κ3) is 1.05. The average molecular weight is 251 g/mol. The minimum Gasteiger partial charge on any atom is -0.317 e. The molecule has 1 aromatic rings. The zero-order valence-electron chi connectivity index (χ0n) is 6.80. The highest BCUT2D eigenvalue weighted by atomic mass is 79.9. The zero-order chi connectivity index (χ0) is 10.3. The van der Waals surface area contributed by atoms with Gasteiger partial charge in [-0.15, -0.1) is 0 Å². The van der Waals surface area contributed by atoms with Crippen LogP contribution in [0.5, 0.6) is 0 Å². The number of nitriles is 1. The van der Waals surface area contributed by atoms with Crippen molar-refractivity contribution >= 4 is 33.3 Å². The number of nitrogens with one attached hydrogen (secondary N) is 1. The summed E-state index contributed by atoms with van der Waals surface area (Å²) < 4.78 is 0.523. The molecule has 0 bridgehead atoms. The number of nitrogens with zero attached hydrogens (tertiary/aromatic N) is 1. The van der Waals surface area contributed by atoms with Gasteiger partial charge in [0.2, 0.25) is 0 Å².